The number of amides is 3. The maximum absolute atomic E-state index is 12.3. The number of nitrogens with one attached hydrogen (secondary N) is 2. The van der Waals surface area contributed by atoms with Crippen LogP contribution in [0, 0.1) is 12.8 Å². The van der Waals surface area contributed by atoms with E-state index in [1.165, 1.54) is 0 Å². The Morgan fingerprint density at radius 1 is 1.10 bits per heavy atom. The molecule has 2 N–H and O–H groups in total. The lowest BCUT2D eigenvalue weighted by molar-refractivity contribution is -0.151. The van der Waals surface area contributed by atoms with Crippen molar-refractivity contribution in [2.24, 2.45) is 5.92 Å². The highest BCUT2D eigenvalue weighted by Gasteiger charge is 2.36. The number of carbonyl (C=O) groups is 4. The average Bonchev–Trinajstić information content (AvgIpc) is 3.09. The van der Waals surface area contributed by atoms with E-state index in [0.29, 0.717) is 11.3 Å². The van der Waals surface area contributed by atoms with Crippen molar-refractivity contribution < 1.29 is 23.9 Å². The van der Waals surface area contributed by atoms with Crippen LogP contribution in [0.25, 0.3) is 0 Å². The van der Waals surface area contributed by atoms with Crippen LogP contribution in [-0.4, -0.2) is 41.9 Å². The molecule has 1 aliphatic heterocycles. The van der Waals surface area contributed by atoms with Gasteiger partial charge < -0.3 is 10.1 Å². The first-order valence-electron chi connectivity index (χ1n) is 9.32. The third-order valence-electron chi connectivity index (χ3n) is 4.61. The molecule has 3 amide bonds. The van der Waals surface area contributed by atoms with Crippen LogP contribution >= 0.6 is 31.9 Å². The van der Waals surface area contributed by atoms with E-state index in [9.17, 15) is 19.2 Å². The van der Waals surface area contributed by atoms with Crippen molar-refractivity contribution in [1.29, 1.82) is 0 Å². The Balaban J connectivity index is 1.48. The Kier molecular flexibility index (Phi) is 7.45. The molecule has 2 aromatic rings. The summed E-state index contributed by atoms with van der Waals surface area (Å²) in [5.74, 6) is -2.78. The fraction of sp³-hybridized carbons (Fsp3) is 0.238. The molecular formula is C21H19Br2N3O5. The van der Waals surface area contributed by atoms with Crippen LogP contribution in [0.15, 0.2) is 51.4 Å². The second-order valence-electron chi connectivity index (χ2n) is 6.97. The molecule has 0 saturated carbocycles. The second-order valence-corrected chi connectivity index (χ2v) is 8.80. The molecule has 0 radical (unpaired) electrons. The number of anilines is 1. The van der Waals surface area contributed by atoms with Gasteiger partial charge in [0, 0.05) is 26.6 Å². The molecule has 1 heterocycles. The predicted octanol–water partition coefficient (Wildman–Crippen LogP) is 3.20. The number of hydrogen-bond acceptors (Lipinski definition) is 5. The summed E-state index contributed by atoms with van der Waals surface area (Å²) >= 11 is 6.64. The van der Waals surface area contributed by atoms with E-state index in [1.807, 2.05) is 13.0 Å². The summed E-state index contributed by atoms with van der Waals surface area (Å²) in [6.07, 6.45) is -0.104. The summed E-state index contributed by atoms with van der Waals surface area (Å²) in [4.78, 5) is 48.8. The van der Waals surface area contributed by atoms with Gasteiger partial charge >= 0.3 is 5.97 Å². The Morgan fingerprint density at radius 2 is 1.77 bits per heavy atom. The maximum Gasteiger partial charge on any atom is 0.311 e. The molecule has 0 spiro atoms. The van der Waals surface area contributed by atoms with Crippen molar-refractivity contribution in [3.8, 4) is 0 Å². The van der Waals surface area contributed by atoms with E-state index in [-0.39, 0.29) is 13.0 Å². The molecule has 8 nitrogen and oxygen atoms in total. The molecule has 1 aliphatic rings. The number of hydrogen-bond donors (Lipinski definition) is 2. The highest BCUT2D eigenvalue weighted by Crippen LogP contribution is 2.21. The first-order valence-corrected chi connectivity index (χ1v) is 10.9. The van der Waals surface area contributed by atoms with Crippen molar-refractivity contribution in [3.63, 3.8) is 0 Å². The van der Waals surface area contributed by atoms with Gasteiger partial charge in [0.2, 0.25) is 5.91 Å². The molecule has 2 aromatic carbocycles. The summed E-state index contributed by atoms with van der Waals surface area (Å²) in [5, 5.41) is 3.77. The van der Waals surface area contributed by atoms with Gasteiger partial charge in [-0.1, -0.05) is 31.9 Å². The van der Waals surface area contributed by atoms with Gasteiger partial charge in [-0.05, 0) is 55.0 Å². The standard InChI is InChI=1S/C21H19Br2N3O5/c1-12-8-16(23)6-7-17(12)24-18(27)11-31-21(30)14-9-19(28)26(10-14)25-20(29)13-2-4-15(22)5-3-13/h2-8,14H,9-11H2,1H3,(H,24,27)(H,25,29)/t14-/m1/s1. The van der Waals surface area contributed by atoms with Gasteiger partial charge in [-0.2, -0.15) is 0 Å². The fourth-order valence-corrected chi connectivity index (χ4v) is 3.71. The smallest absolute Gasteiger partial charge is 0.311 e. The molecule has 31 heavy (non-hydrogen) atoms. The van der Waals surface area contributed by atoms with Crippen LogP contribution in [0.4, 0.5) is 5.69 Å². The van der Waals surface area contributed by atoms with Gasteiger partial charge in [0.25, 0.3) is 11.8 Å². The molecular weight excluding hydrogens is 534 g/mol. The molecule has 1 fully saturated rings. The molecule has 0 bridgehead atoms. The van der Waals surface area contributed by atoms with Crippen LogP contribution in [0.3, 0.4) is 0 Å². The lowest BCUT2D eigenvalue weighted by atomic mass is 10.1. The summed E-state index contributed by atoms with van der Waals surface area (Å²) in [7, 11) is 0. The van der Waals surface area contributed by atoms with E-state index < -0.39 is 36.2 Å². The van der Waals surface area contributed by atoms with E-state index in [0.717, 1.165) is 19.5 Å². The van der Waals surface area contributed by atoms with Crippen LogP contribution in [-0.2, 0) is 19.1 Å². The number of rotatable bonds is 6. The van der Waals surface area contributed by atoms with Gasteiger partial charge in [0.15, 0.2) is 6.61 Å². The van der Waals surface area contributed by atoms with Crippen LogP contribution in [0.2, 0.25) is 0 Å². The van der Waals surface area contributed by atoms with Gasteiger partial charge in [0.1, 0.15) is 0 Å². The number of nitrogens with zero attached hydrogens (tertiary/aromatic N) is 1. The Bertz CT molecular complexity index is 1030. The van der Waals surface area contributed by atoms with Gasteiger partial charge in [-0.15, -0.1) is 0 Å². The molecule has 10 heteroatoms. The summed E-state index contributed by atoms with van der Waals surface area (Å²) < 4.78 is 6.77. The van der Waals surface area contributed by atoms with Crippen LogP contribution < -0.4 is 10.7 Å². The maximum atomic E-state index is 12.3. The zero-order valence-electron chi connectivity index (χ0n) is 16.5. The Labute approximate surface area is 195 Å². The monoisotopic (exact) mass is 551 g/mol. The summed E-state index contributed by atoms with van der Waals surface area (Å²) in [6, 6.07) is 12.0. The van der Waals surface area contributed by atoms with Crippen molar-refractivity contribution in [2.75, 3.05) is 18.5 Å². The number of carbonyl (C=O) groups excluding carboxylic acids is 4. The second kappa shape index (κ2) is 10.1. The Morgan fingerprint density at radius 3 is 2.45 bits per heavy atom. The molecule has 0 aliphatic carbocycles. The summed E-state index contributed by atoms with van der Waals surface area (Å²) in [6.45, 7) is 1.35. The number of ether oxygens (including phenoxy) is 1. The molecule has 1 atom stereocenters. The normalized spacial score (nSPS) is 15.5. The number of esters is 1. The lowest BCUT2D eigenvalue weighted by Crippen LogP contribution is -2.43. The number of benzene rings is 2. The molecule has 0 unspecified atom stereocenters. The zero-order valence-corrected chi connectivity index (χ0v) is 19.7. The zero-order chi connectivity index (χ0) is 22.5. The van der Waals surface area contributed by atoms with Gasteiger partial charge in [-0.25, -0.2) is 0 Å². The fourth-order valence-electron chi connectivity index (χ4n) is 2.97. The number of hydrazine groups is 1. The van der Waals surface area contributed by atoms with Crippen molar-refractivity contribution in [1.82, 2.24) is 10.4 Å². The van der Waals surface area contributed by atoms with Gasteiger partial charge in [-0.3, -0.25) is 29.6 Å². The average molecular weight is 553 g/mol. The molecule has 0 aromatic heterocycles. The molecule has 3 rings (SSSR count). The van der Waals surface area contributed by atoms with Gasteiger partial charge in [0.05, 0.1) is 12.5 Å². The van der Waals surface area contributed by atoms with E-state index in [2.05, 4.69) is 42.6 Å². The van der Waals surface area contributed by atoms with E-state index >= 15 is 0 Å². The van der Waals surface area contributed by atoms with Crippen molar-refractivity contribution >= 4 is 61.2 Å². The van der Waals surface area contributed by atoms with Crippen LogP contribution in [0.5, 0.6) is 0 Å². The minimum Gasteiger partial charge on any atom is -0.455 e. The Hall–Kier alpha value is -2.72. The largest absolute Gasteiger partial charge is 0.455 e. The predicted molar refractivity (Wildman–Crippen MR) is 120 cm³/mol. The molecule has 1 saturated heterocycles. The molecule has 162 valence electrons. The lowest BCUT2D eigenvalue weighted by Gasteiger charge is -2.17. The third kappa shape index (κ3) is 6.14. The van der Waals surface area contributed by atoms with Crippen molar-refractivity contribution in [2.45, 2.75) is 13.3 Å². The number of aryl methyl sites for hydroxylation is 1. The first kappa shape index (κ1) is 23.0. The topological polar surface area (TPSA) is 105 Å². The number of halogens is 2. The van der Waals surface area contributed by atoms with Crippen LogP contribution in [0.1, 0.15) is 22.3 Å². The highest BCUT2D eigenvalue weighted by atomic mass is 79.9. The third-order valence-corrected chi connectivity index (χ3v) is 5.63. The minimum absolute atomic E-state index is 0.0205. The first-order chi connectivity index (χ1) is 14.7. The quantitative estimate of drug-likeness (QED) is 0.535. The SMILES string of the molecule is Cc1cc(Br)ccc1NC(=O)COC(=O)[C@@H]1CC(=O)N(NC(=O)c2ccc(Br)cc2)C1. The summed E-state index contributed by atoms with van der Waals surface area (Å²) in [5.41, 5.74) is 4.34. The van der Waals surface area contributed by atoms with Crippen molar-refractivity contribution in [3.05, 3.63) is 62.5 Å². The highest BCUT2D eigenvalue weighted by molar-refractivity contribution is 9.10. The van der Waals surface area contributed by atoms with E-state index in [1.54, 1.807) is 36.4 Å². The van der Waals surface area contributed by atoms with E-state index in [4.69, 9.17) is 4.74 Å². The minimum atomic E-state index is -0.764.